The van der Waals surface area contributed by atoms with Crippen LogP contribution in [0.4, 0.5) is 0 Å². The monoisotopic (exact) mass is 284 g/mol. The Bertz CT molecular complexity index is 643. The third-order valence-electron chi connectivity index (χ3n) is 2.02. The summed E-state index contributed by atoms with van der Waals surface area (Å²) in [5.74, 6) is -3.13. The van der Waals surface area contributed by atoms with Crippen molar-refractivity contribution in [2.24, 2.45) is 0 Å². The number of carboxylic acids is 1. The molecule has 0 spiro atoms. The minimum absolute atomic E-state index is 0.114. The highest BCUT2D eigenvalue weighted by molar-refractivity contribution is 9.10. The van der Waals surface area contributed by atoms with E-state index < -0.39 is 22.9 Å². The van der Waals surface area contributed by atoms with Gasteiger partial charge in [0, 0.05) is 4.47 Å². The van der Waals surface area contributed by atoms with Crippen LogP contribution < -0.4 is 5.43 Å². The van der Waals surface area contributed by atoms with E-state index in [1.165, 1.54) is 12.1 Å². The fraction of sp³-hybridized carbons (Fsp3) is 0. The molecule has 2 aromatic rings. The lowest BCUT2D eigenvalue weighted by Crippen LogP contribution is -2.08. The summed E-state index contributed by atoms with van der Waals surface area (Å²) in [6, 6.07) is 4.51. The zero-order chi connectivity index (χ0) is 11.9. The van der Waals surface area contributed by atoms with Gasteiger partial charge in [0.25, 0.3) is 5.76 Å². The lowest BCUT2D eigenvalue weighted by atomic mass is 10.2. The van der Waals surface area contributed by atoms with Gasteiger partial charge in [-0.3, -0.25) is 4.79 Å². The highest BCUT2D eigenvalue weighted by atomic mass is 79.9. The molecule has 0 amide bonds. The Morgan fingerprint density at radius 3 is 2.69 bits per heavy atom. The number of rotatable bonds is 1. The van der Waals surface area contributed by atoms with Gasteiger partial charge in [-0.25, -0.2) is 4.79 Å². The number of halogens is 1. The van der Waals surface area contributed by atoms with Crippen LogP contribution in [0.1, 0.15) is 10.6 Å². The second-order valence-corrected chi connectivity index (χ2v) is 3.97. The zero-order valence-electron chi connectivity index (χ0n) is 7.73. The largest absolute Gasteiger partial charge is 0.501 e. The Balaban J connectivity index is 2.94. The fourth-order valence-electron chi connectivity index (χ4n) is 1.30. The summed E-state index contributed by atoms with van der Waals surface area (Å²) in [6.07, 6.45) is 0. The van der Waals surface area contributed by atoms with Gasteiger partial charge in [0.1, 0.15) is 5.58 Å². The molecule has 0 radical (unpaired) electrons. The normalized spacial score (nSPS) is 10.6. The molecule has 0 aliphatic rings. The second-order valence-electron chi connectivity index (χ2n) is 3.05. The van der Waals surface area contributed by atoms with Crippen molar-refractivity contribution in [2.75, 3.05) is 0 Å². The highest BCUT2D eigenvalue weighted by Gasteiger charge is 2.19. The van der Waals surface area contributed by atoms with E-state index in [0.29, 0.717) is 4.47 Å². The molecule has 6 heteroatoms. The summed E-state index contributed by atoms with van der Waals surface area (Å²) < 4.78 is 5.55. The predicted molar refractivity (Wildman–Crippen MR) is 58.8 cm³/mol. The summed E-state index contributed by atoms with van der Waals surface area (Å²) in [4.78, 5) is 22.3. The molecule has 82 valence electrons. The van der Waals surface area contributed by atoms with Gasteiger partial charge in [0.15, 0.2) is 0 Å². The molecule has 1 aromatic carbocycles. The maximum absolute atomic E-state index is 11.6. The van der Waals surface area contributed by atoms with Gasteiger partial charge in [-0.15, -0.1) is 0 Å². The number of carbonyl (C=O) groups is 1. The molecule has 0 aliphatic heterocycles. The van der Waals surface area contributed by atoms with Crippen LogP contribution in [0.2, 0.25) is 0 Å². The van der Waals surface area contributed by atoms with Crippen molar-refractivity contribution < 1.29 is 19.4 Å². The van der Waals surface area contributed by atoms with Gasteiger partial charge >= 0.3 is 5.97 Å². The summed E-state index contributed by atoms with van der Waals surface area (Å²) in [5, 5.41) is 18.2. The Kier molecular flexibility index (Phi) is 2.43. The van der Waals surface area contributed by atoms with E-state index in [0.717, 1.165) is 0 Å². The van der Waals surface area contributed by atoms with Gasteiger partial charge in [0.05, 0.1) is 5.39 Å². The summed E-state index contributed by atoms with van der Waals surface area (Å²) in [7, 11) is 0. The lowest BCUT2D eigenvalue weighted by molar-refractivity contribution is 0.0657. The average Bonchev–Trinajstić information content (AvgIpc) is 2.23. The molecule has 0 saturated heterocycles. The molecule has 2 rings (SSSR count). The van der Waals surface area contributed by atoms with Crippen LogP contribution in [0.25, 0.3) is 11.0 Å². The van der Waals surface area contributed by atoms with Gasteiger partial charge in [-0.1, -0.05) is 15.9 Å². The average molecular weight is 285 g/mol. The van der Waals surface area contributed by atoms with E-state index in [1.54, 1.807) is 6.07 Å². The molecular weight excluding hydrogens is 280 g/mol. The van der Waals surface area contributed by atoms with Crippen molar-refractivity contribution in [1.29, 1.82) is 0 Å². The van der Waals surface area contributed by atoms with Crippen LogP contribution in [0.3, 0.4) is 0 Å². The Hall–Kier alpha value is -1.82. The standard InChI is InChI=1S/C10H5BrO5/c11-4-1-2-6-5(3-4)7(12)8(13)9(16-6)10(14)15/h1-3,13H,(H,14,15). The van der Waals surface area contributed by atoms with Crippen LogP contribution in [0, 0.1) is 0 Å². The highest BCUT2D eigenvalue weighted by Crippen LogP contribution is 2.22. The minimum atomic E-state index is -1.49. The summed E-state index contributed by atoms with van der Waals surface area (Å²) >= 11 is 3.16. The first-order valence-corrected chi connectivity index (χ1v) is 4.98. The SMILES string of the molecule is O=C(O)c1oc2ccc(Br)cc2c(=O)c1O. The second kappa shape index (κ2) is 3.64. The Labute approximate surface area is 97.1 Å². The van der Waals surface area contributed by atoms with Crippen LogP contribution in [-0.2, 0) is 0 Å². The van der Waals surface area contributed by atoms with E-state index in [-0.39, 0.29) is 11.0 Å². The maximum Gasteiger partial charge on any atom is 0.375 e. The van der Waals surface area contributed by atoms with E-state index >= 15 is 0 Å². The fourth-order valence-corrected chi connectivity index (χ4v) is 1.66. The maximum atomic E-state index is 11.6. The number of benzene rings is 1. The first-order valence-electron chi connectivity index (χ1n) is 4.19. The molecule has 0 unspecified atom stereocenters. The first kappa shape index (κ1) is 10.7. The molecule has 1 heterocycles. The van der Waals surface area contributed by atoms with Gasteiger partial charge < -0.3 is 14.6 Å². The molecule has 0 aliphatic carbocycles. The van der Waals surface area contributed by atoms with E-state index in [2.05, 4.69) is 15.9 Å². The molecule has 0 bridgehead atoms. The molecular formula is C10H5BrO5. The Morgan fingerprint density at radius 1 is 1.38 bits per heavy atom. The van der Waals surface area contributed by atoms with Crippen molar-refractivity contribution in [2.45, 2.75) is 0 Å². The molecule has 5 nitrogen and oxygen atoms in total. The molecule has 0 fully saturated rings. The number of hydrogen-bond donors (Lipinski definition) is 2. The molecule has 16 heavy (non-hydrogen) atoms. The van der Waals surface area contributed by atoms with E-state index in [9.17, 15) is 14.7 Å². The molecule has 0 saturated carbocycles. The predicted octanol–water partition coefficient (Wildman–Crippen LogP) is 1.96. The third-order valence-corrected chi connectivity index (χ3v) is 2.52. The van der Waals surface area contributed by atoms with Gasteiger partial charge in [0.2, 0.25) is 11.2 Å². The van der Waals surface area contributed by atoms with Crippen LogP contribution >= 0.6 is 15.9 Å². The zero-order valence-corrected chi connectivity index (χ0v) is 9.32. The number of hydrogen-bond acceptors (Lipinski definition) is 4. The minimum Gasteiger partial charge on any atom is -0.501 e. The summed E-state index contributed by atoms with van der Waals surface area (Å²) in [6.45, 7) is 0. The molecule has 1 aromatic heterocycles. The third kappa shape index (κ3) is 1.57. The molecule has 2 N–H and O–H groups in total. The first-order chi connectivity index (χ1) is 7.50. The van der Waals surface area contributed by atoms with E-state index in [1.807, 2.05) is 0 Å². The van der Waals surface area contributed by atoms with Crippen molar-refractivity contribution in [3.63, 3.8) is 0 Å². The smallest absolute Gasteiger partial charge is 0.375 e. The lowest BCUT2D eigenvalue weighted by Gasteiger charge is -2.01. The van der Waals surface area contributed by atoms with E-state index in [4.69, 9.17) is 9.52 Å². The van der Waals surface area contributed by atoms with Crippen molar-refractivity contribution >= 4 is 32.9 Å². The Morgan fingerprint density at radius 2 is 2.06 bits per heavy atom. The number of aromatic hydroxyl groups is 1. The molecule has 0 atom stereocenters. The van der Waals surface area contributed by atoms with Crippen molar-refractivity contribution in [1.82, 2.24) is 0 Å². The van der Waals surface area contributed by atoms with Gasteiger partial charge in [-0.2, -0.15) is 0 Å². The van der Waals surface area contributed by atoms with Gasteiger partial charge in [-0.05, 0) is 18.2 Å². The van der Waals surface area contributed by atoms with Crippen LogP contribution in [0.5, 0.6) is 5.75 Å². The van der Waals surface area contributed by atoms with Crippen LogP contribution in [0.15, 0.2) is 31.9 Å². The number of fused-ring (bicyclic) bond motifs is 1. The van der Waals surface area contributed by atoms with Crippen molar-refractivity contribution in [3.8, 4) is 5.75 Å². The van der Waals surface area contributed by atoms with Crippen molar-refractivity contribution in [3.05, 3.63) is 38.7 Å². The van der Waals surface area contributed by atoms with Crippen LogP contribution in [-0.4, -0.2) is 16.2 Å². The number of carboxylic acid groups (broad SMARTS) is 1. The topological polar surface area (TPSA) is 87.7 Å². The number of aromatic carboxylic acids is 1. The summed E-state index contributed by atoms with van der Waals surface area (Å²) in [5.41, 5.74) is -0.650. The quantitative estimate of drug-likeness (QED) is 0.836.